The summed E-state index contributed by atoms with van der Waals surface area (Å²) in [6.07, 6.45) is 16.5. The number of fused-ring (bicyclic) bond motifs is 1. The first-order valence-corrected chi connectivity index (χ1v) is 12.5. The first-order valence-electron chi connectivity index (χ1n) is 12.5. The Kier molecular flexibility index (Phi) is 9.80. The van der Waals surface area contributed by atoms with Crippen molar-refractivity contribution in [3.8, 4) is 5.75 Å². The van der Waals surface area contributed by atoms with Gasteiger partial charge in [-0.1, -0.05) is 98.6 Å². The number of allylic oxidation sites excluding steroid dienone is 2. The molecule has 1 heterocycles. The molecule has 1 aromatic rings. The molecular weight excluding hydrogens is 352 g/mol. The maximum absolute atomic E-state index is 6.74. The van der Waals surface area contributed by atoms with Gasteiger partial charge in [0.15, 0.2) is 0 Å². The van der Waals surface area contributed by atoms with Crippen LogP contribution in [0.25, 0.3) is 0 Å². The Morgan fingerprint density at radius 2 is 1.41 bits per heavy atom. The van der Waals surface area contributed by atoms with E-state index >= 15 is 0 Å². The van der Waals surface area contributed by atoms with Gasteiger partial charge in [0.1, 0.15) is 11.5 Å². The number of unbranched alkanes of at least 4 members (excludes halogenated alkanes) is 7. The van der Waals surface area contributed by atoms with Crippen molar-refractivity contribution in [2.45, 2.75) is 130 Å². The fourth-order valence-corrected chi connectivity index (χ4v) is 4.40. The van der Waals surface area contributed by atoms with E-state index in [1.54, 1.807) is 5.57 Å². The topological polar surface area (TPSA) is 9.23 Å². The maximum Gasteiger partial charge on any atom is 0.134 e. The number of hydrogen-bond acceptors (Lipinski definition) is 1. The molecule has 0 aromatic heterocycles. The molecule has 0 radical (unpaired) electrons. The summed E-state index contributed by atoms with van der Waals surface area (Å²) in [4.78, 5) is 0. The summed E-state index contributed by atoms with van der Waals surface area (Å²) in [6, 6.07) is 4.80. The third-order valence-corrected chi connectivity index (χ3v) is 6.30. The molecule has 0 saturated heterocycles. The van der Waals surface area contributed by atoms with E-state index in [9.17, 15) is 0 Å². The molecule has 29 heavy (non-hydrogen) atoms. The van der Waals surface area contributed by atoms with Gasteiger partial charge in [0, 0.05) is 18.4 Å². The van der Waals surface area contributed by atoms with Crippen LogP contribution in [-0.4, -0.2) is 0 Å². The van der Waals surface area contributed by atoms with Crippen molar-refractivity contribution in [3.63, 3.8) is 0 Å². The van der Waals surface area contributed by atoms with Gasteiger partial charge in [-0.2, -0.15) is 0 Å². The zero-order chi connectivity index (χ0) is 21.3. The lowest BCUT2D eigenvalue weighted by Crippen LogP contribution is -2.19. The van der Waals surface area contributed by atoms with E-state index in [0.29, 0.717) is 0 Å². The van der Waals surface area contributed by atoms with Gasteiger partial charge in [0.2, 0.25) is 0 Å². The Balaban J connectivity index is 2.24. The lowest BCUT2D eigenvalue weighted by molar-refractivity contribution is 0.357. The minimum absolute atomic E-state index is 0.111. The van der Waals surface area contributed by atoms with Gasteiger partial charge in [-0.15, -0.1) is 0 Å². The third kappa shape index (κ3) is 7.19. The van der Waals surface area contributed by atoms with Crippen molar-refractivity contribution in [2.24, 2.45) is 0 Å². The number of hydrogen-bond donors (Lipinski definition) is 0. The molecule has 0 atom stereocenters. The molecule has 1 aliphatic rings. The van der Waals surface area contributed by atoms with E-state index in [4.69, 9.17) is 4.74 Å². The molecule has 1 aliphatic heterocycles. The molecule has 1 nitrogen and oxygen atoms in total. The van der Waals surface area contributed by atoms with Crippen LogP contribution in [0.5, 0.6) is 5.75 Å². The van der Waals surface area contributed by atoms with Crippen LogP contribution < -0.4 is 4.74 Å². The highest BCUT2D eigenvalue weighted by Crippen LogP contribution is 2.42. The summed E-state index contributed by atoms with van der Waals surface area (Å²) in [6.45, 7) is 13.8. The van der Waals surface area contributed by atoms with Crippen LogP contribution in [0.1, 0.15) is 129 Å². The van der Waals surface area contributed by atoms with Gasteiger partial charge < -0.3 is 4.74 Å². The summed E-state index contributed by atoms with van der Waals surface area (Å²) < 4.78 is 6.74. The van der Waals surface area contributed by atoms with Crippen molar-refractivity contribution in [1.82, 2.24) is 0 Å². The second kappa shape index (κ2) is 11.8. The molecule has 0 N–H and O–H groups in total. The largest absolute Gasteiger partial charge is 0.461 e. The van der Waals surface area contributed by atoms with E-state index in [2.05, 4.69) is 53.7 Å². The Morgan fingerprint density at radius 3 is 2.03 bits per heavy atom. The van der Waals surface area contributed by atoms with Crippen LogP contribution in [0.2, 0.25) is 0 Å². The Hall–Kier alpha value is -1.24. The third-order valence-electron chi connectivity index (χ3n) is 6.30. The van der Waals surface area contributed by atoms with Crippen LogP contribution in [0.4, 0.5) is 0 Å². The average molecular weight is 399 g/mol. The quantitative estimate of drug-likeness (QED) is 0.319. The minimum Gasteiger partial charge on any atom is -0.461 e. The summed E-state index contributed by atoms with van der Waals surface area (Å²) >= 11 is 0. The van der Waals surface area contributed by atoms with E-state index in [1.807, 2.05) is 0 Å². The fourth-order valence-electron chi connectivity index (χ4n) is 4.40. The van der Waals surface area contributed by atoms with Gasteiger partial charge >= 0.3 is 0 Å². The summed E-state index contributed by atoms with van der Waals surface area (Å²) in [5, 5.41) is 0. The second-order valence-corrected chi connectivity index (χ2v) is 10.0. The molecule has 0 amide bonds. The highest BCUT2D eigenvalue weighted by atomic mass is 16.5. The van der Waals surface area contributed by atoms with Crippen LogP contribution in [-0.2, 0) is 18.3 Å². The normalized spacial score (nSPS) is 14.1. The van der Waals surface area contributed by atoms with Crippen molar-refractivity contribution >= 4 is 0 Å². The highest BCUT2D eigenvalue weighted by Gasteiger charge is 2.27. The monoisotopic (exact) mass is 398 g/mol. The van der Waals surface area contributed by atoms with E-state index < -0.39 is 0 Å². The predicted molar refractivity (Wildman–Crippen MR) is 128 cm³/mol. The second-order valence-electron chi connectivity index (χ2n) is 10.0. The number of aryl methyl sites for hydroxylation is 1. The summed E-state index contributed by atoms with van der Waals surface area (Å²) in [5.74, 6) is 2.48. The molecule has 0 aliphatic carbocycles. The van der Waals surface area contributed by atoms with E-state index in [-0.39, 0.29) is 5.41 Å². The molecule has 0 spiro atoms. The van der Waals surface area contributed by atoms with Gasteiger partial charge in [-0.25, -0.2) is 0 Å². The molecular formula is C28H46O. The molecule has 1 heteroatoms. The highest BCUT2D eigenvalue weighted by molar-refractivity contribution is 5.52. The average Bonchev–Trinajstić information content (AvgIpc) is 2.69. The predicted octanol–water partition coefficient (Wildman–Crippen LogP) is 9.07. The summed E-state index contributed by atoms with van der Waals surface area (Å²) in [7, 11) is 0. The standard InChI is InChI=1S/C28H46O/c1-7-10-12-14-15-17-23-21-24-19-22(9-3)20-25(28(4,5)6)27(24)29-26(23)18-16-13-11-8-2/h19-20H,7-18,21H2,1-6H3. The number of benzene rings is 1. The zero-order valence-electron chi connectivity index (χ0n) is 20.3. The first-order chi connectivity index (χ1) is 13.9. The smallest absolute Gasteiger partial charge is 0.134 e. The number of ether oxygens (including phenoxy) is 1. The molecule has 0 unspecified atom stereocenters. The van der Waals surface area contributed by atoms with Crippen LogP contribution >= 0.6 is 0 Å². The molecule has 0 bridgehead atoms. The fraction of sp³-hybridized carbons (Fsp3) is 0.714. The van der Waals surface area contributed by atoms with E-state index in [1.165, 1.54) is 92.4 Å². The van der Waals surface area contributed by atoms with Crippen LogP contribution in [0, 0.1) is 0 Å². The molecule has 0 saturated carbocycles. The molecule has 0 fully saturated rings. The van der Waals surface area contributed by atoms with Crippen molar-refractivity contribution in [1.29, 1.82) is 0 Å². The minimum atomic E-state index is 0.111. The summed E-state index contributed by atoms with van der Waals surface area (Å²) in [5.41, 5.74) is 5.96. The molecule has 1 aromatic carbocycles. The Bertz CT molecular complexity index is 660. The van der Waals surface area contributed by atoms with Gasteiger partial charge in [0.05, 0.1) is 0 Å². The van der Waals surface area contributed by atoms with Crippen molar-refractivity contribution in [2.75, 3.05) is 0 Å². The van der Waals surface area contributed by atoms with Crippen LogP contribution in [0.3, 0.4) is 0 Å². The lowest BCUT2D eigenvalue weighted by Gasteiger charge is -2.31. The van der Waals surface area contributed by atoms with Gasteiger partial charge in [0.25, 0.3) is 0 Å². The van der Waals surface area contributed by atoms with E-state index in [0.717, 1.165) is 19.3 Å². The molecule has 2 rings (SSSR count). The van der Waals surface area contributed by atoms with Gasteiger partial charge in [-0.3, -0.25) is 0 Å². The Morgan fingerprint density at radius 1 is 0.793 bits per heavy atom. The Labute approximate surface area is 181 Å². The maximum atomic E-state index is 6.74. The zero-order valence-corrected chi connectivity index (χ0v) is 20.3. The lowest BCUT2D eigenvalue weighted by atomic mass is 9.81. The van der Waals surface area contributed by atoms with Crippen molar-refractivity contribution in [3.05, 3.63) is 40.2 Å². The SMILES string of the molecule is CCCCCCCC1=C(CCCCCC)Oc2c(cc(CC)cc2C(C)(C)C)C1. The van der Waals surface area contributed by atoms with Crippen LogP contribution in [0.15, 0.2) is 23.5 Å². The van der Waals surface area contributed by atoms with Gasteiger partial charge in [-0.05, 0) is 47.8 Å². The first kappa shape index (κ1) is 24.0. The van der Waals surface area contributed by atoms with Crippen molar-refractivity contribution < 1.29 is 4.74 Å². The molecule has 164 valence electrons. The number of rotatable bonds is 12.